The van der Waals surface area contributed by atoms with Crippen LogP contribution in [0.4, 0.5) is 0 Å². The highest BCUT2D eigenvalue weighted by atomic mass is 16.5. The lowest BCUT2D eigenvalue weighted by Crippen LogP contribution is -2.32. The smallest absolute Gasteiger partial charge is 0.335 e. The van der Waals surface area contributed by atoms with Gasteiger partial charge in [0.25, 0.3) is 0 Å². The molecule has 0 radical (unpaired) electrons. The van der Waals surface area contributed by atoms with Crippen molar-refractivity contribution in [3.05, 3.63) is 107 Å². The van der Waals surface area contributed by atoms with Gasteiger partial charge in [-0.15, -0.1) is 0 Å². The Bertz CT molecular complexity index is 1170. The maximum absolute atomic E-state index is 12.8. The summed E-state index contributed by atoms with van der Waals surface area (Å²) in [5.41, 5.74) is 3.58. The quantitative estimate of drug-likeness (QED) is 0.248. The van der Waals surface area contributed by atoms with Gasteiger partial charge in [0.15, 0.2) is 0 Å². The molecule has 0 saturated carbocycles. The first-order valence-electron chi connectivity index (χ1n) is 12.1. The van der Waals surface area contributed by atoms with Crippen molar-refractivity contribution in [2.45, 2.75) is 6.54 Å². The Morgan fingerprint density at radius 1 is 0.632 bits per heavy atom. The molecule has 3 rings (SSSR count). The van der Waals surface area contributed by atoms with Gasteiger partial charge in [-0.2, -0.15) is 0 Å². The van der Waals surface area contributed by atoms with Crippen LogP contribution >= 0.6 is 0 Å². The van der Waals surface area contributed by atoms with E-state index in [-0.39, 0.29) is 13.1 Å². The third-order valence-electron chi connectivity index (χ3n) is 5.85. The molecule has 3 aromatic carbocycles. The van der Waals surface area contributed by atoms with E-state index in [2.05, 4.69) is 0 Å². The molecule has 0 aliphatic rings. The maximum Gasteiger partial charge on any atom is 0.335 e. The van der Waals surface area contributed by atoms with Crippen molar-refractivity contribution < 1.29 is 28.5 Å². The Balaban J connectivity index is 1.97. The minimum atomic E-state index is -0.447. The molecule has 0 aromatic heterocycles. The van der Waals surface area contributed by atoms with Crippen LogP contribution in [0.25, 0.3) is 12.2 Å². The van der Waals surface area contributed by atoms with E-state index in [0.717, 1.165) is 28.2 Å². The molecule has 0 atom stereocenters. The summed E-state index contributed by atoms with van der Waals surface area (Å²) < 4.78 is 20.7. The summed E-state index contributed by atoms with van der Waals surface area (Å²) in [6.07, 6.45) is 3.57. The summed E-state index contributed by atoms with van der Waals surface area (Å²) in [6, 6.07) is 24.6. The fraction of sp³-hybridized carbons (Fsp3) is 0.226. The Morgan fingerprint density at radius 3 is 1.42 bits per heavy atom. The van der Waals surface area contributed by atoms with Gasteiger partial charge < -0.3 is 18.9 Å². The summed E-state index contributed by atoms with van der Waals surface area (Å²) in [5.74, 6) is 0.549. The van der Waals surface area contributed by atoms with Crippen molar-refractivity contribution in [2.24, 2.45) is 0 Å². The molecule has 0 N–H and O–H groups in total. The lowest BCUT2D eigenvalue weighted by molar-refractivity contribution is -0.136. The van der Waals surface area contributed by atoms with Gasteiger partial charge in [-0.3, -0.25) is 4.90 Å². The van der Waals surface area contributed by atoms with Gasteiger partial charge in [-0.05, 0) is 53.1 Å². The van der Waals surface area contributed by atoms with Crippen LogP contribution < -0.4 is 9.47 Å². The molecule has 0 aliphatic carbocycles. The highest BCUT2D eigenvalue weighted by molar-refractivity contribution is 5.95. The molecule has 0 spiro atoms. The van der Waals surface area contributed by atoms with Gasteiger partial charge in [-0.1, -0.05) is 54.6 Å². The summed E-state index contributed by atoms with van der Waals surface area (Å²) in [5, 5.41) is 0. The number of ether oxygens (including phenoxy) is 4. The van der Waals surface area contributed by atoms with E-state index in [9.17, 15) is 9.59 Å². The van der Waals surface area contributed by atoms with Gasteiger partial charge in [-0.25, -0.2) is 9.59 Å². The monoisotopic (exact) mass is 515 g/mol. The third-order valence-corrected chi connectivity index (χ3v) is 5.85. The highest BCUT2D eigenvalue weighted by Crippen LogP contribution is 2.19. The summed E-state index contributed by atoms with van der Waals surface area (Å²) in [6.45, 7) is 0.976. The van der Waals surface area contributed by atoms with Crippen molar-refractivity contribution in [3.63, 3.8) is 0 Å². The fourth-order valence-electron chi connectivity index (χ4n) is 3.89. The first-order chi connectivity index (χ1) is 18.4. The molecular formula is C31H33NO6. The van der Waals surface area contributed by atoms with E-state index in [1.807, 2.05) is 83.8 Å². The topological polar surface area (TPSA) is 74.3 Å². The molecule has 7 heteroatoms. The number of nitrogens with zero attached hydrogens (tertiary/aromatic N) is 1. The second kappa shape index (κ2) is 14.4. The van der Waals surface area contributed by atoms with Crippen LogP contribution in [-0.4, -0.2) is 58.4 Å². The van der Waals surface area contributed by atoms with E-state index >= 15 is 0 Å². The Labute approximate surface area is 223 Å². The van der Waals surface area contributed by atoms with Crippen LogP contribution in [0.1, 0.15) is 16.7 Å². The molecule has 0 heterocycles. The average Bonchev–Trinajstić information content (AvgIpc) is 2.96. The number of carbonyl (C=O) groups excluding carboxylic acids is 2. The van der Waals surface area contributed by atoms with E-state index in [1.54, 1.807) is 26.4 Å². The van der Waals surface area contributed by atoms with E-state index < -0.39 is 11.9 Å². The number of hydrogen-bond donors (Lipinski definition) is 0. The Kier molecular flexibility index (Phi) is 10.7. The van der Waals surface area contributed by atoms with Crippen LogP contribution in [0.3, 0.4) is 0 Å². The van der Waals surface area contributed by atoms with Crippen LogP contribution in [0.2, 0.25) is 0 Å². The number of hydrogen-bond acceptors (Lipinski definition) is 7. The molecule has 7 nitrogen and oxygen atoms in total. The van der Waals surface area contributed by atoms with Gasteiger partial charge >= 0.3 is 11.9 Å². The normalized spacial score (nSPS) is 11.7. The molecule has 0 fully saturated rings. The van der Waals surface area contributed by atoms with Crippen molar-refractivity contribution in [1.29, 1.82) is 0 Å². The minimum absolute atomic E-state index is 0.241. The molecule has 0 aliphatic heterocycles. The lowest BCUT2D eigenvalue weighted by Gasteiger charge is -2.24. The van der Waals surface area contributed by atoms with Crippen molar-refractivity contribution >= 4 is 24.1 Å². The van der Waals surface area contributed by atoms with Gasteiger partial charge in [0.1, 0.15) is 11.5 Å². The van der Waals surface area contributed by atoms with Gasteiger partial charge in [0, 0.05) is 19.6 Å². The molecule has 3 aromatic rings. The number of carbonyl (C=O) groups is 2. The Hall–Kier alpha value is -4.36. The number of methoxy groups -OCH3 is 4. The maximum atomic E-state index is 12.8. The second-order valence-corrected chi connectivity index (χ2v) is 8.50. The van der Waals surface area contributed by atoms with Crippen LogP contribution in [0.15, 0.2) is 90.0 Å². The molecule has 0 amide bonds. The molecule has 198 valence electrons. The number of rotatable bonds is 12. The molecule has 0 unspecified atom stereocenters. The predicted octanol–water partition coefficient (Wildman–Crippen LogP) is 5.02. The fourth-order valence-corrected chi connectivity index (χ4v) is 3.89. The third kappa shape index (κ3) is 8.35. The zero-order valence-corrected chi connectivity index (χ0v) is 22.2. The largest absolute Gasteiger partial charge is 0.497 e. The Morgan fingerprint density at radius 2 is 1.05 bits per heavy atom. The zero-order valence-electron chi connectivity index (χ0n) is 22.2. The molecular weight excluding hydrogens is 482 g/mol. The van der Waals surface area contributed by atoms with Crippen LogP contribution in [-0.2, 0) is 25.6 Å². The first kappa shape index (κ1) is 28.2. The van der Waals surface area contributed by atoms with E-state index in [0.29, 0.717) is 17.7 Å². The summed E-state index contributed by atoms with van der Waals surface area (Å²) in [4.78, 5) is 27.6. The molecule has 0 bridgehead atoms. The first-order valence-corrected chi connectivity index (χ1v) is 12.1. The zero-order chi connectivity index (χ0) is 27.3. The number of esters is 2. The summed E-state index contributed by atoms with van der Waals surface area (Å²) >= 11 is 0. The van der Waals surface area contributed by atoms with Crippen molar-refractivity contribution in [3.8, 4) is 11.5 Å². The standard InChI is InChI=1S/C31H33NO6/c1-35-28-14-10-23(11-15-28)18-26(30(33)37-3)21-32(20-25-8-6-5-7-9-25)22-27(31(34)38-4)19-24-12-16-29(36-2)17-13-24/h5-19H,20-22H2,1-4H3/b26-18-,27-19-. The average molecular weight is 516 g/mol. The molecule has 38 heavy (non-hydrogen) atoms. The van der Waals surface area contributed by atoms with Crippen LogP contribution in [0.5, 0.6) is 11.5 Å². The van der Waals surface area contributed by atoms with E-state index in [1.165, 1.54) is 14.2 Å². The van der Waals surface area contributed by atoms with Crippen molar-refractivity contribution in [1.82, 2.24) is 4.90 Å². The van der Waals surface area contributed by atoms with Gasteiger partial charge in [0.2, 0.25) is 0 Å². The lowest BCUT2D eigenvalue weighted by atomic mass is 10.1. The number of benzene rings is 3. The van der Waals surface area contributed by atoms with Crippen LogP contribution in [0, 0.1) is 0 Å². The van der Waals surface area contributed by atoms with E-state index in [4.69, 9.17) is 18.9 Å². The SMILES string of the molecule is COC(=O)/C(=C\c1ccc(OC)cc1)CN(C/C(=C/c1ccc(OC)cc1)C(=O)OC)Cc1ccccc1. The second-order valence-electron chi connectivity index (χ2n) is 8.50. The summed E-state index contributed by atoms with van der Waals surface area (Å²) in [7, 11) is 5.92. The minimum Gasteiger partial charge on any atom is -0.497 e. The van der Waals surface area contributed by atoms with Crippen molar-refractivity contribution in [2.75, 3.05) is 41.5 Å². The highest BCUT2D eigenvalue weighted by Gasteiger charge is 2.20. The van der Waals surface area contributed by atoms with Gasteiger partial charge in [0.05, 0.1) is 39.6 Å². The predicted molar refractivity (Wildman–Crippen MR) is 148 cm³/mol. The molecule has 0 saturated heterocycles.